The van der Waals surface area contributed by atoms with E-state index in [-0.39, 0.29) is 0 Å². The molecule has 3 aromatic carbocycles. The molecular weight excluding hydrogens is 304 g/mol. The third-order valence-electron chi connectivity index (χ3n) is 4.62. The molecule has 0 radical (unpaired) electrons. The summed E-state index contributed by atoms with van der Waals surface area (Å²) in [5, 5.41) is 3.58. The standard InChI is InChI=1S/C23H16N2/c1-2-8-17(9-3-1)21-16-19-11-4-6-12-20(19)23(24-21)25-15-14-18-10-5-7-13-22(18)25/h1-16H. The quantitative estimate of drug-likeness (QED) is 0.399. The molecule has 0 aliphatic heterocycles. The highest BCUT2D eigenvalue weighted by atomic mass is 15.1. The molecular formula is C23H16N2. The Labute approximate surface area is 146 Å². The lowest BCUT2D eigenvalue weighted by Gasteiger charge is -2.12. The number of hydrogen-bond donors (Lipinski definition) is 0. The first-order valence-corrected chi connectivity index (χ1v) is 8.42. The molecule has 0 unspecified atom stereocenters. The zero-order valence-corrected chi connectivity index (χ0v) is 13.6. The molecule has 0 aliphatic rings. The van der Waals surface area contributed by atoms with Crippen molar-refractivity contribution in [3.8, 4) is 17.1 Å². The third kappa shape index (κ3) is 2.31. The molecule has 0 aliphatic carbocycles. The van der Waals surface area contributed by atoms with Crippen LogP contribution >= 0.6 is 0 Å². The molecule has 118 valence electrons. The highest BCUT2D eigenvalue weighted by molar-refractivity contribution is 5.93. The van der Waals surface area contributed by atoms with E-state index in [2.05, 4.69) is 95.7 Å². The first kappa shape index (κ1) is 14.0. The second kappa shape index (κ2) is 5.60. The molecule has 0 amide bonds. The van der Waals surface area contributed by atoms with Crippen LogP contribution in [0.5, 0.6) is 0 Å². The minimum Gasteiger partial charge on any atom is -0.301 e. The van der Waals surface area contributed by atoms with Crippen molar-refractivity contribution in [2.45, 2.75) is 0 Å². The molecule has 5 rings (SSSR count). The van der Waals surface area contributed by atoms with Crippen LogP contribution in [-0.2, 0) is 0 Å². The summed E-state index contributed by atoms with van der Waals surface area (Å²) in [7, 11) is 0. The van der Waals surface area contributed by atoms with Crippen molar-refractivity contribution >= 4 is 21.7 Å². The van der Waals surface area contributed by atoms with E-state index in [4.69, 9.17) is 4.98 Å². The van der Waals surface area contributed by atoms with Crippen molar-refractivity contribution in [1.82, 2.24) is 9.55 Å². The van der Waals surface area contributed by atoms with E-state index >= 15 is 0 Å². The van der Waals surface area contributed by atoms with Crippen LogP contribution < -0.4 is 0 Å². The van der Waals surface area contributed by atoms with Crippen LogP contribution in [0.4, 0.5) is 0 Å². The molecule has 0 fully saturated rings. The molecule has 2 heterocycles. The fourth-order valence-electron chi connectivity index (χ4n) is 3.39. The summed E-state index contributed by atoms with van der Waals surface area (Å²) in [5.41, 5.74) is 3.29. The Kier molecular flexibility index (Phi) is 3.14. The Morgan fingerprint density at radius 2 is 1.36 bits per heavy atom. The molecule has 0 bridgehead atoms. The minimum absolute atomic E-state index is 0.971. The van der Waals surface area contributed by atoms with Crippen LogP contribution in [0.25, 0.3) is 38.8 Å². The van der Waals surface area contributed by atoms with E-state index in [0.717, 1.165) is 22.5 Å². The highest BCUT2D eigenvalue weighted by Gasteiger charge is 2.11. The monoisotopic (exact) mass is 320 g/mol. The number of para-hydroxylation sites is 1. The maximum Gasteiger partial charge on any atom is 0.145 e. The molecule has 0 saturated carbocycles. The zero-order valence-electron chi connectivity index (χ0n) is 13.6. The first-order valence-electron chi connectivity index (χ1n) is 8.42. The van der Waals surface area contributed by atoms with E-state index in [1.54, 1.807) is 0 Å². The first-order chi connectivity index (χ1) is 12.4. The average molecular weight is 320 g/mol. The van der Waals surface area contributed by atoms with Gasteiger partial charge in [0, 0.05) is 17.1 Å². The Morgan fingerprint density at radius 1 is 0.640 bits per heavy atom. The fraction of sp³-hybridized carbons (Fsp3) is 0. The van der Waals surface area contributed by atoms with Crippen molar-refractivity contribution in [1.29, 1.82) is 0 Å². The summed E-state index contributed by atoms with van der Waals surface area (Å²) in [6, 6.07) is 31.5. The fourth-order valence-corrected chi connectivity index (χ4v) is 3.39. The van der Waals surface area contributed by atoms with Crippen LogP contribution in [0, 0.1) is 0 Å². The average Bonchev–Trinajstić information content (AvgIpc) is 3.12. The van der Waals surface area contributed by atoms with Gasteiger partial charge in [-0.2, -0.15) is 0 Å². The van der Waals surface area contributed by atoms with Gasteiger partial charge in [-0.3, -0.25) is 0 Å². The molecule has 0 saturated heterocycles. The van der Waals surface area contributed by atoms with Gasteiger partial charge < -0.3 is 4.57 Å². The van der Waals surface area contributed by atoms with Gasteiger partial charge >= 0.3 is 0 Å². The summed E-state index contributed by atoms with van der Waals surface area (Å²) in [6.07, 6.45) is 2.11. The lowest BCUT2D eigenvalue weighted by molar-refractivity contribution is 1.06. The number of hydrogen-bond acceptors (Lipinski definition) is 1. The Bertz CT molecular complexity index is 1190. The van der Waals surface area contributed by atoms with Crippen LogP contribution in [0.2, 0.25) is 0 Å². The highest BCUT2D eigenvalue weighted by Crippen LogP contribution is 2.29. The van der Waals surface area contributed by atoms with Crippen molar-refractivity contribution < 1.29 is 0 Å². The Balaban J connectivity index is 1.85. The van der Waals surface area contributed by atoms with Crippen molar-refractivity contribution in [3.63, 3.8) is 0 Å². The smallest absolute Gasteiger partial charge is 0.145 e. The molecule has 0 atom stereocenters. The van der Waals surface area contributed by atoms with Gasteiger partial charge in [0.1, 0.15) is 5.82 Å². The predicted octanol–water partition coefficient (Wildman–Crippen LogP) is 5.85. The van der Waals surface area contributed by atoms with Gasteiger partial charge in [-0.05, 0) is 29.0 Å². The minimum atomic E-state index is 0.971. The maximum atomic E-state index is 5.03. The van der Waals surface area contributed by atoms with Crippen molar-refractivity contribution in [2.75, 3.05) is 0 Å². The number of pyridine rings is 1. The zero-order chi connectivity index (χ0) is 16.6. The van der Waals surface area contributed by atoms with E-state index in [9.17, 15) is 0 Å². The van der Waals surface area contributed by atoms with Gasteiger partial charge in [0.15, 0.2) is 0 Å². The Morgan fingerprint density at radius 3 is 2.24 bits per heavy atom. The van der Waals surface area contributed by atoms with E-state index < -0.39 is 0 Å². The van der Waals surface area contributed by atoms with Crippen LogP contribution in [-0.4, -0.2) is 9.55 Å². The summed E-state index contributed by atoms with van der Waals surface area (Å²) >= 11 is 0. The van der Waals surface area contributed by atoms with Gasteiger partial charge in [0.05, 0.1) is 11.2 Å². The molecule has 2 aromatic heterocycles. The molecule has 0 spiro atoms. The van der Waals surface area contributed by atoms with Crippen LogP contribution in [0.3, 0.4) is 0 Å². The number of benzene rings is 3. The van der Waals surface area contributed by atoms with Crippen molar-refractivity contribution in [3.05, 3.63) is 97.2 Å². The molecule has 25 heavy (non-hydrogen) atoms. The summed E-state index contributed by atoms with van der Waals surface area (Å²) < 4.78 is 2.18. The van der Waals surface area contributed by atoms with Gasteiger partial charge in [0.2, 0.25) is 0 Å². The predicted molar refractivity (Wildman–Crippen MR) is 104 cm³/mol. The van der Waals surface area contributed by atoms with E-state index in [0.29, 0.717) is 0 Å². The summed E-state index contributed by atoms with van der Waals surface area (Å²) in [4.78, 5) is 5.03. The van der Waals surface area contributed by atoms with Crippen LogP contribution in [0.1, 0.15) is 0 Å². The molecule has 5 aromatic rings. The van der Waals surface area contributed by atoms with Gasteiger partial charge in [-0.25, -0.2) is 4.98 Å². The normalized spacial score (nSPS) is 11.2. The summed E-state index contributed by atoms with van der Waals surface area (Å²) in [5.74, 6) is 0.971. The number of rotatable bonds is 2. The number of nitrogens with zero attached hydrogens (tertiary/aromatic N) is 2. The second-order valence-corrected chi connectivity index (χ2v) is 6.16. The van der Waals surface area contributed by atoms with E-state index in [1.165, 1.54) is 16.3 Å². The largest absolute Gasteiger partial charge is 0.301 e. The van der Waals surface area contributed by atoms with Crippen molar-refractivity contribution in [2.24, 2.45) is 0 Å². The molecule has 2 nitrogen and oxygen atoms in total. The van der Waals surface area contributed by atoms with Gasteiger partial charge in [0.25, 0.3) is 0 Å². The SMILES string of the molecule is c1ccc(-c2cc3ccccc3c(-n3ccc4ccccc43)n2)cc1. The number of fused-ring (bicyclic) bond motifs is 2. The van der Waals surface area contributed by atoms with E-state index in [1.807, 2.05) is 6.07 Å². The lowest BCUT2D eigenvalue weighted by Crippen LogP contribution is -1.99. The van der Waals surface area contributed by atoms with Gasteiger partial charge in [-0.1, -0.05) is 72.8 Å². The molecule has 2 heteroatoms. The second-order valence-electron chi connectivity index (χ2n) is 6.16. The third-order valence-corrected chi connectivity index (χ3v) is 4.62. The van der Waals surface area contributed by atoms with Crippen LogP contribution in [0.15, 0.2) is 97.2 Å². The van der Waals surface area contributed by atoms with Gasteiger partial charge in [-0.15, -0.1) is 0 Å². The lowest BCUT2D eigenvalue weighted by atomic mass is 10.1. The Hall–Kier alpha value is -3.39. The topological polar surface area (TPSA) is 17.8 Å². The molecule has 0 N–H and O–H groups in total. The number of aromatic nitrogens is 2. The summed E-state index contributed by atoms with van der Waals surface area (Å²) in [6.45, 7) is 0. The maximum absolute atomic E-state index is 5.03.